The molecule has 0 heterocycles. The quantitative estimate of drug-likeness (QED) is 0.676. The molecule has 0 unspecified atom stereocenters. The number of nitrogens with zero attached hydrogens (tertiary/aromatic N) is 1. The zero-order valence-corrected chi connectivity index (χ0v) is 9.93. The van der Waals surface area contributed by atoms with Crippen molar-refractivity contribution in [2.45, 2.75) is 19.3 Å². The molecule has 0 spiro atoms. The molecule has 15 heavy (non-hydrogen) atoms. The van der Waals surface area contributed by atoms with Crippen molar-refractivity contribution >= 4 is 17.4 Å². The maximum absolute atomic E-state index is 5.68. The summed E-state index contributed by atoms with van der Waals surface area (Å²) in [6, 6.07) is 6.21. The lowest BCUT2D eigenvalue weighted by molar-refractivity contribution is 0.446. The number of thiocarbonyl (C=S) groups is 1. The number of hydrogen-bond donors (Lipinski definition) is 0. The first kappa shape index (κ1) is 10.4. The van der Waals surface area contributed by atoms with Gasteiger partial charge < -0.3 is 9.64 Å². The van der Waals surface area contributed by atoms with Gasteiger partial charge >= 0.3 is 0 Å². The van der Waals surface area contributed by atoms with Gasteiger partial charge in [-0.05, 0) is 48.7 Å². The first-order valence-corrected chi connectivity index (χ1v) is 5.59. The molecule has 0 saturated heterocycles. The third-order valence-electron chi connectivity index (χ3n) is 2.67. The van der Waals surface area contributed by atoms with Crippen LogP contribution in [-0.2, 0) is 12.8 Å². The van der Waals surface area contributed by atoms with Crippen LogP contribution in [0.2, 0.25) is 0 Å². The zero-order valence-electron chi connectivity index (χ0n) is 9.12. The summed E-state index contributed by atoms with van der Waals surface area (Å²) < 4.78 is 5.68. The van der Waals surface area contributed by atoms with Crippen LogP contribution in [0.15, 0.2) is 18.2 Å². The number of benzene rings is 1. The third kappa shape index (κ3) is 2.12. The summed E-state index contributed by atoms with van der Waals surface area (Å²) >= 11 is 5.13. The average Bonchev–Trinajstić information content (AvgIpc) is 2.66. The molecule has 1 aliphatic rings. The summed E-state index contributed by atoms with van der Waals surface area (Å²) in [5.74, 6) is 0.934. The highest BCUT2D eigenvalue weighted by Crippen LogP contribution is 2.30. The van der Waals surface area contributed by atoms with E-state index in [0.29, 0.717) is 5.17 Å². The summed E-state index contributed by atoms with van der Waals surface area (Å²) in [6.45, 7) is 0. The van der Waals surface area contributed by atoms with Crippen molar-refractivity contribution in [1.82, 2.24) is 4.90 Å². The van der Waals surface area contributed by atoms with Crippen LogP contribution in [0.1, 0.15) is 17.5 Å². The third-order valence-corrected chi connectivity index (χ3v) is 3.11. The van der Waals surface area contributed by atoms with Crippen LogP contribution in [0.3, 0.4) is 0 Å². The van der Waals surface area contributed by atoms with Gasteiger partial charge in [0, 0.05) is 14.1 Å². The van der Waals surface area contributed by atoms with Crippen molar-refractivity contribution in [3.05, 3.63) is 29.3 Å². The minimum Gasteiger partial charge on any atom is -0.431 e. The van der Waals surface area contributed by atoms with E-state index < -0.39 is 0 Å². The van der Waals surface area contributed by atoms with E-state index >= 15 is 0 Å². The Hall–Kier alpha value is -1.09. The average molecular weight is 221 g/mol. The highest BCUT2D eigenvalue weighted by molar-refractivity contribution is 7.80. The summed E-state index contributed by atoms with van der Waals surface area (Å²) in [5, 5.41) is 0.523. The van der Waals surface area contributed by atoms with E-state index in [4.69, 9.17) is 17.0 Å². The highest BCUT2D eigenvalue weighted by Gasteiger charge is 2.16. The van der Waals surface area contributed by atoms with Gasteiger partial charge in [-0.1, -0.05) is 12.1 Å². The SMILES string of the molecule is CN(C)C(=S)Oc1cccc2c1CCC2. The molecule has 80 valence electrons. The van der Waals surface area contributed by atoms with Gasteiger partial charge in [-0.2, -0.15) is 0 Å². The Morgan fingerprint density at radius 2 is 2.13 bits per heavy atom. The van der Waals surface area contributed by atoms with Gasteiger partial charge in [-0.15, -0.1) is 0 Å². The monoisotopic (exact) mass is 221 g/mol. The van der Waals surface area contributed by atoms with E-state index in [9.17, 15) is 0 Å². The molecule has 1 aromatic carbocycles. The first-order valence-electron chi connectivity index (χ1n) is 5.18. The van der Waals surface area contributed by atoms with Crippen LogP contribution in [0.4, 0.5) is 0 Å². The fourth-order valence-corrected chi connectivity index (χ4v) is 1.96. The molecule has 0 fully saturated rings. The van der Waals surface area contributed by atoms with E-state index in [2.05, 4.69) is 6.07 Å². The molecule has 0 atom stereocenters. The Bertz CT molecular complexity index is 387. The Morgan fingerprint density at radius 1 is 1.33 bits per heavy atom. The maximum atomic E-state index is 5.68. The summed E-state index contributed by atoms with van der Waals surface area (Å²) in [4.78, 5) is 1.81. The normalized spacial score (nSPS) is 13.5. The lowest BCUT2D eigenvalue weighted by Gasteiger charge is -2.16. The smallest absolute Gasteiger partial charge is 0.264 e. The minimum atomic E-state index is 0.523. The van der Waals surface area contributed by atoms with Crippen LogP contribution >= 0.6 is 12.2 Å². The van der Waals surface area contributed by atoms with Crippen LogP contribution in [0, 0.1) is 0 Å². The zero-order chi connectivity index (χ0) is 10.8. The number of aryl methyl sites for hydroxylation is 1. The second-order valence-corrected chi connectivity index (χ2v) is 4.36. The van der Waals surface area contributed by atoms with Gasteiger partial charge in [-0.25, -0.2) is 0 Å². The molecule has 0 radical (unpaired) electrons. The van der Waals surface area contributed by atoms with Crippen molar-refractivity contribution in [2.75, 3.05) is 14.1 Å². The van der Waals surface area contributed by atoms with Crippen LogP contribution in [0.25, 0.3) is 0 Å². The van der Waals surface area contributed by atoms with Gasteiger partial charge in [0.05, 0.1) is 0 Å². The lowest BCUT2D eigenvalue weighted by Crippen LogP contribution is -2.25. The van der Waals surface area contributed by atoms with Crippen LogP contribution < -0.4 is 4.74 Å². The molecule has 0 bridgehead atoms. The Kier molecular flexibility index (Phi) is 2.91. The molecule has 0 N–H and O–H groups in total. The van der Waals surface area contributed by atoms with Gasteiger partial charge in [-0.3, -0.25) is 0 Å². The van der Waals surface area contributed by atoms with Gasteiger partial charge in [0.15, 0.2) is 0 Å². The van der Waals surface area contributed by atoms with Crippen molar-refractivity contribution < 1.29 is 4.74 Å². The van der Waals surface area contributed by atoms with Crippen LogP contribution in [0.5, 0.6) is 5.75 Å². The van der Waals surface area contributed by atoms with E-state index in [1.165, 1.54) is 24.0 Å². The van der Waals surface area contributed by atoms with E-state index in [-0.39, 0.29) is 0 Å². The summed E-state index contributed by atoms with van der Waals surface area (Å²) in [5.41, 5.74) is 2.75. The van der Waals surface area contributed by atoms with Gasteiger partial charge in [0.1, 0.15) is 5.75 Å². The first-order chi connectivity index (χ1) is 7.18. The fraction of sp³-hybridized carbons (Fsp3) is 0.417. The second kappa shape index (κ2) is 4.19. The van der Waals surface area contributed by atoms with E-state index in [1.54, 1.807) is 0 Å². The molecule has 0 amide bonds. The lowest BCUT2D eigenvalue weighted by atomic mass is 10.1. The molecule has 0 saturated carbocycles. The van der Waals surface area contributed by atoms with E-state index in [0.717, 1.165) is 12.2 Å². The van der Waals surface area contributed by atoms with Crippen molar-refractivity contribution in [3.8, 4) is 5.75 Å². The molecule has 3 heteroatoms. The standard InChI is InChI=1S/C12H15NOS/c1-13(2)12(15)14-11-8-4-6-9-5-3-7-10(9)11/h4,6,8H,3,5,7H2,1-2H3. The Morgan fingerprint density at radius 3 is 2.87 bits per heavy atom. The van der Waals surface area contributed by atoms with Crippen molar-refractivity contribution in [3.63, 3.8) is 0 Å². The highest BCUT2D eigenvalue weighted by atomic mass is 32.1. The van der Waals surface area contributed by atoms with E-state index in [1.807, 2.05) is 31.1 Å². The fourth-order valence-electron chi connectivity index (χ4n) is 1.87. The molecule has 1 aliphatic carbocycles. The van der Waals surface area contributed by atoms with Gasteiger partial charge in [0.2, 0.25) is 0 Å². The molecule has 1 aromatic rings. The molecule has 0 aromatic heterocycles. The predicted octanol–water partition coefficient (Wildman–Crippen LogP) is 2.40. The summed E-state index contributed by atoms with van der Waals surface area (Å²) in [7, 11) is 3.79. The second-order valence-electron chi connectivity index (χ2n) is 4.01. The molecule has 0 aliphatic heterocycles. The number of fused-ring (bicyclic) bond motifs is 1. The molecule has 2 rings (SSSR count). The number of hydrogen-bond acceptors (Lipinski definition) is 2. The number of rotatable bonds is 1. The molecular formula is C12H15NOS. The Balaban J connectivity index is 2.22. The largest absolute Gasteiger partial charge is 0.431 e. The Labute approximate surface area is 95.8 Å². The molecule has 2 nitrogen and oxygen atoms in total. The van der Waals surface area contributed by atoms with Crippen molar-refractivity contribution in [1.29, 1.82) is 0 Å². The molecular weight excluding hydrogens is 206 g/mol. The predicted molar refractivity (Wildman–Crippen MR) is 65.4 cm³/mol. The number of ether oxygens (including phenoxy) is 1. The van der Waals surface area contributed by atoms with Gasteiger partial charge in [0.25, 0.3) is 5.17 Å². The maximum Gasteiger partial charge on any atom is 0.264 e. The van der Waals surface area contributed by atoms with Crippen LogP contribution in [-0.4, -0.2) is 24.2 Å². The topological polar surface area (TPSA) is 12.5 Å². The minimum absolute atomic E-state index is 0.523. The summed E-state index contributed by atoms with van der Waals surface area (Å²) in [6.07, 6.45) is 3.51. The van der Waals surface area contributed by atoms with Crippen molar-refractivity contribution in [2.24, 2.45) is 0 Å².